The smallest absolute Gasteiger partial charge is 0.302 e. The Hall–Kier alpha value is -1.95. The predicted molar refractivity (Wildman–Crippen MR) is 68.2 cm³/mol. The lowest BCUT2D eigenvalue weighted by atomic mass is 10.2. The summed E-state index contributed by atoms with van der Waals surface area (Å²) in [5.74, 6) is 5.89. The van der Waals surface area contributed by atoms with Crippen LogP contribution in [0.1, 0.15) is 31.7 Å². The van der Waals surface area contributed by atoms with Crippen molar-refractivity contribution in [3.05, 3.63) is 29.8 Å². The van der Waals surface area contributed by atoms with Gasteiger partial charge in [-0.1, -0.05) is 17.9 Å². The summed E-state index contributed by atoms with van der Waals surface area (Å²) >= 11 is 0. The average molecular weight is 231 g/mol. The zero-order valence-electron chi connectivity index (χ0n) is 10.0. The maximum Gasteiger partial charge on any atom is 0.302 e. The summed E-state index contributed by atoms with van der Waals surface area (Å²) in [5, 5.41) is 0. The summed E-state index contributed by atoms with van der Waals surface area (Å²) in [5.41, 5.74) is 7.30. The molecular formula is C14H17NO2. The number of hydrogen-bond donors (Lipinski definition) is 1. The molecule has 0 aliphatic heterocycles. The lowest BCUT2D eigenvalue weighted by molar-refractivity contribution is -0.141. The Morgan fingerprint density at radius 3 is 2.94 bits per heavy atom. The molecule has 1 aromatic rings. The fourth-order valence-electron chi connectivity index (χ4n) is 1.31. The number of carbonyl (C=O) groups excluding carboxylic acids is 1. The lowest BCUT2D eigenvalue weighted by Crippen LogP contribution is -1.99. The zero-order valence-corrected chi connectivity index (χ0v) is 10.0. The standard InChI is InChI=1S/C14H17NO2/c1-12(16)17-10-5-3-2-4-7-13-8-6-9-14(15)11-13/h6,8-9,11H,2-3,5,10,15H2,1H3. The van der Waals surface area contributed by atoms with Crippen molar-refractivity contribution in [3.63, 3.8) is 0 Å². The summed E-state index contributed by atoms with van der Waals surface area (Å²) in [6.07, 6.45) is 2.59. The summed E-state index contributed by atoms with van der Waals surface area (Å²) < 4.78 is 4.82. The van der Waals surface area contributed by atoms with Crippen molar-refractivity contribution in [2.75, 3.05) is 12.3 Å². The van der Waals surface area contributed by atoms with E-state index in [1.165, 1.54) is 6.92 Å². The Morgan fingerprint density at radius 1 is 1.41 bits per heavy atom. The first-order valence-electron chi connectivity index (χ1n) is 5.66. The van der Waals surface area contributed by atoms with E-state index < -0.39 is 0 Å². The van der Waals surface area contributed by atoms with Gasteiger partial charge in [-0.25, -0.2) is 0 Å². The molecule has 1 rings (SSSR count). The third-order valence-electron chi connectivity index (χ3n) is 2.12. The van der Waals surface area contributed by atoms with Gasteiger partial charge in [0.15, 0.2) is 0 Å². The zero-order chi connectivity index (χ0) is 12.5. The summed E-state index contributed by atoms with van der Waals surface area (Å²) in [6.45, 7) is 1.90. The fraction of sp³-hybridized carbons (Fsp3) is 0.357. The monoisotopic (exact) mass is 231 g/mol. The van der Waals surface area contributed by atoms with Crippen molar-refractivity contribution in [1.82, 2.24) is 0 Å². The van der Waals surface area contributed by atoms with Crippen LogP contribution in [0.4, 0.5) is 5.69 Å². The number of esters is 1. The van der Waals surface area contributed by atoms with Crippen LogP contribution < -0.4 is 5.73 Å². The lowest BCUT2D eigenvalue weighted by Gasteiger charge is -1.98. The van der Waals surface area contributed by atoms with Crippen LogP contribution >= 0.6 is 0 Å². The van der Waals surface area contributed by atoms with Crippen LogP contribution in [0.2, 0.25) is 0 Å². The van der Waals surface area contributed by atoms with Crippen molar-refractivity contribution < 1.29 is 9.53 Å². The van der Waals surface area contributed by atoms with E-state index in [-0.39, 0.29) is 5.97 Å². The highest BCUT2D eigenvalue weighted by atomic mass is 16.5. The van der Waals surface area contributed by atoms with Gasteiger partial charge in [-0.3, -0.25) is 4.79 Å². The predicted octanol–water partition coefficient (Wildman–Crippen LogP) is 2.35. The van der Waals surface area contributed by atoms with E-state index in [4.69, 9.17) is 10.5 Å². The van der Waals surface area contributed by atoms with Gasteiger partial charge in [0, 0.05) is 24.6 Å². The van der Waals surface area contributed by atoms with Crippen LogP contribution in [0.25, 0.3) is 0 Å². The molecule has 0 unspecified atom stereocenters. The molecule has 0 fully saturated rings. The molecule has 0 spiro atoms. The van der Waals surface area contributed by atoms with Crippen molar-refractivity contribution in [2.24, 2.45) is 0 Å². The van der Waals surface area contributed by atoms with E-state index in [1.54, 1.807) is 0 Å². The molecule has 3 nitrogen and oxygen atoms in total. The van der Waals surface area contributed by atoms with E-state index in [2.05, 4.69) is 11.8 Å². The number of nitrogen functional groups attached to an aromatic ring is 1. The molecular weight excluding hydrogens is 214 g/mol. The Kier molecular flexibility index (Phi) is 5.67. The highest BCUT2D eigenvalue weighted by molar-refractivity contribution is 5.65. The van der Waals surface area contributed by atoms with E-state index in [9.17, 15) is 4.79 Å². The molecule has 90 valence electrons. The van der Waals surface area contributed by atoms with Crippen molar-refractivity contribution in [2.45, 2.75) is 26.2 Å². The maximum absolute atomic E-state index is 10.5. The van der Waals surface area contributed by atoms with E-state index >= 15 is 0 Å². The van der Waals surface area contributed by atoms with Gasteiger partial charge in [-0.15, -0.1) is 0 Å². The fourth-order valence-corrected chi connectivity index (χ4v) is 1.31. The van der Waals surface area contributed by atoms with Crippen LogP contribution in [0, 0.1) is 11.8 Å². The molecule has 2 N–H and O–H groups in total. The van der Waals surface area contributed by atoms with E-state index in [0.717, 1.165) is 30.5 Å². The topological polar surface area (TPSA) is 52.3 Å². The normalized spacial score (nSPS) is 9.24. The molecule has 0 bridgehead atoms. The average Bonchev–Trinajstić information content (AvgIpc) is 2.27. The third-order valence-corrected chi connectivity index (χ3v) is 2.12. The maximum atomic E-state index is 10.5. The molecule has 0 aliphatic rings. The van der Waals surface area contributed by atoms with Crippen LogP contribution in [-0.4, -0.2) is 12.6 Å². The number of rotatable bonds is 4. The summed E-state index contributed by atoms with van der Waals surface area (Å²) in [6, 6.07) is 7.51. The van der Waals surface area contributed by atoms with Gasteiger partial charge in [-0.2, -0.15) is 0 Å². The second kappa shape index (κ2) is 7.34. The van der Waals surface area contributed by atoms with Crippen LogP contribution in [0.3, 0.4) is 0 Å². The second-order valence-electron chi connectivity index (χ2n) is 3.72. The Bertz CT molecular complexity index is 429. The Balaban J connectivity index is 2.21. The van der Waals surface area contributed by atoms with Gasteiger partial charge in [0.25, 0.3) is 0 Å². The van der Waals surface area contributed by atoms with Crippen LogP contribution in [-0.2, 0) is 9.53 Å². The molecule has 0 aliphatic carbocycles. The second-order valence-corrected chi connectivity index (χ2v) is 3.72. The van der Waals surface area contributed by atoms with Gasteiger partial charge in [0.2, 0.25) is 0 Å². The van der Waals surface area contributed by atoms with Gasteiger partial charge in [-0.05, 0) is 31.0 Å². The first kappa shape index (κ1) is 13.1. The molecule has 1 aromatic carbocycles. The molecule has 0 saturated carbocycles. The van der Waals surface area contributed by atoms with Gasteiger partial charge >= 0.3 is 5.97 Å². The number of benzene rings is 1. The molecule has 17 heavy (non-hydrogen) atoms. The highest BCUT2D eigenvalue weighted by Crippen LogP contribution is 2.04. The van der Waals surface area contributed by atoms with Crippen molar-refractivity contribution >= 4 is 11.7 Å². The quantitative estimate of drug-likeness (QED) is 0.374. The Labute approximate surface area is 102 Å². The molecule has 0 atom stereocenters. The first-order chi connectivity index (χ1) is 8.18. The highest BCUT2D eigenvalue weighted by Gasteiger charge is 1.91. The van der Waals surface area contributed by atoms with Gasteiger partial charge < -0.3 is 10.5 Å². The summed E-state index contributed by atoms with van der Waals surface area (Å²) in [7, 11) is 0. The minimum absolute atomic E-state index is 0.226. The molecule has 0 aromatic heterocycles. The first-order valence-corrected chi connectivity index (χ1v) is 5.66. The van der Waals surface area contributed by atoms with Gasteiger partial charge in [0.05, 0.1) is 6.61 Å². The largest absolute Gasteiger partial charge is 0.466 e. The number of anilines is 1. The number of carbonyl (C=O) groups is 1. The van der Waals surface area contributed by atoms with Crippen LogP contribution in [0.15, 0.2) is 24.3 Å². The molecule has 3 heteroatoms. The molecule has 0 amide bonds. The molecule has 0 saturated heterocycles. The number of hydrogen-bond acceptors (Lipinski definition) is 3. The van der Waals surface area contributed by atoms with E-state index in [1.807, 2.05) is 24.3 Å². The molecule has 0 heterocycles. The van der Waals surface area contributed by atoms with Gasteiger partial charge in [0.1, 0.15) is 0 Å². The van der Waals surface area contributed by atoms with E-state index in [0.29, 0.717) is 6.61 Å². The third kappa shape index (κ3) is 6.26. The van der Waals surface area contributed by atoms with Crippen LogP contribution in [0.5, 0.6) is 0 Å². The molecule has 0 radical (unpaired) electrons. The SMILES string of the molecule is CC(=O)OCCCCC#Cc1cccc(N)c1. The van der Waals surface area contributed by atoms with Crippen molar-refractivity contribution in [3.8, 4) is 11.8 Å². The minimum Gasteiger partial charge on any atom is -0.466 e. The summed E-state index contributed by atoms with van der Waals surface area (Å²) in [4.78, 5) is 10.5. The number of ether oxygens (including phenoxy) is 1. The number of unbranched alkanes of at least 4 members (excludes halogenated alkanes) is 2. The Morgan fingerprint density at radius 2 is 2.24 bits per heavy atom. The van der Waals surface area contributed by atoms with Crippen molar-refractivity contribution in [1.29, 1.82) is 0 Å². The number of nitrogens with two attached hydrogens (primary N) is 1. The minimum atomic E-state index is -0.226.